The van der Waals surface area contributed by atoms with Crippen molar-refractivity contribution < 1.29 is 23.8 Å². The van der Waals surface area contributed by atoms with Gasteiger partial charge in [-0.25, -0.2) is 4.79 Å². The standard InChI is InChI=1S/C23H21NO5/c1-16(28-23(26)17-7-6-10-21(15-17)27-2)22(25)24-18-11-13-20(14-12-18)29-19-8-4-3-5-9-19/h3-16H,1-2H3,(H,24,25)/t16-/m0/s1. The molecule has 148 valence electrons. The number of para-hydroxylation sites is 1. The van der Waals surface area contributed by atoms with E-state index >= 15 is 0 Å². The number of benzene rings is 3. The summed E-state index contributed by atoms with van der Waals surface area (Å²) < 4.78 is 16.0. The lowest BCUT2D eigenvalue weighted by molar-refractivity contribution is -0.123. The highest BCUT2D eigenvalue weighted by Crippen LogP contribution is 2.23. The predicted octanol–water partition coefficient (Wildman–Crippen LogP) is 4.67. The van der Waals surface area contributed by atoms with Gasteiger partial charge in [-0.15, -0.1) is 0 Å². The molecule has 0 spiro atoms. The molecule has 1 amide bonds. The number of hydrogen-bond donors (Lipinski definition) is 1. The molecule has 3 rings (SSSR count). The third-order valence-corrected chi connectivity index (χ3v) is 4.06. The van der Waals surface area contributed by atoms with E-state index in [0.717, 1.165) is 5.75 Å². The smallest absolute Gasteiger partial charge is 0.339 e. The summed E-state index contributed by atoms with van der Waals surface area (Å²) in [6.07, 6.45) is -0.964. The van der Waals surface area contributed by atoms with Gasteiger partial charge in [-0.1, -0.05) is 24.3 Å². The Balaban J connectivity index is 1.55. The van der Waals surface area contributed by atoms with Gasteiger partial charge in [-0.05, 0) is 61.5 Å². The first-order valence-electron chi connectivity index (χ1n) is 9.04. The van der Waals surface area contributed by atoms with Crippen LogP contribution in [0, 0.1) is 0 Å². The van der Waals surface area contributed by atoms with E-state index in [1.54, 1.807) is 48.5 Å². The van der Waals surface area contributed by atoms with Gasteiger partial charge in [0, 0.05) is 5.69 Å². The molecule has 1 atom stereocenters. The molecule has 0 radical (unpaired) electrons. The fourth-order valence-electron chi connectivity index (χ4n) is 2.51. The zero-order valence-electron chi connectivity index (χ0n) is 16.1. The van der Waals surface area contributed by atoms with Gasteiger partial charge in [0.2, 0.25) is 0 Å². The monoisotopic (exact) mass is 391 g/mol. The lowest BCUT2D eigenvalue weighted by Gasteiger charge is -2.14. The summed E-state index contributed by atoms with van der Waals surface area (Å²) in [4.78, 5) is 24.6. The molecule has 1 N–H and O–H groups in total. The minimum atomic E-state index is -0.964. The minimum Gasteiger partial charge on any atom is -0.497 e. The first-order valence-corrected chi connectivity index (χ1v) is 9.04. The summed E-state index contributed by atoms with van der Waals surface area (Å²) >= 11 is 0. The quantitative estimate of drug-likeness (QED) is 0.593. The minimum absolute atomic E-state index is 0.311. The van der Waals surface area contributed by atoms with E-state index in [-0.39, 0.29) is 0 Å². The summed E-state index contributed by atoms with van der Waals surface area (Å²) in [5.74, 6) is 0.875. The number of nitrogens with one attached hydrogen (secondary N) is 1. The largest absolute Gasteiger partial charge is 0.497 e. The van der Waals surface area contributed by atoms with Crippen molar-refractivity contribution in [2.45, 2.75) is 13.0 Å². The maximum absolute atomic E-state index is 12.3. The molecule has 0 saturated carbocycles. The first-order chi connectivity index (χ1) is 14.0. The van der Waals surface area contributed by atoms with Crippen LogP contribution in [-0.4, -0.2) is 25.1 Å². The molecule has 0 fully saturated rings. The number of rotatable bonds is 7. The fourth-order valence-corrected chi connectivity index (χ4v) is 2.51. The maximum Gasteiger partial charge on any atom is 0.339 e. The lowest BCUT2D eigenvalue weighted by atomic mass is 10.2. The van der Waals surface area contributed by atoms with Crippen LogP contribution in [0.25, 0.3) is 0 Å². The number of carbonyl (C=O) groups excluding carboxylic acids is 2. The van der Waals surface area contributed by atoms with E-state index in [2.05, 4.69) is 5.32 Å². The number of hydrogen-bond acceptors (Lipinski definition) is 5. The first kappa shape index (κ1) is 19.9. The molecule has 29 heavy (non-hydrogen) atoms. The Kier molecular flexibility index (Phi) is 6.47. The zero-order chi connectivity index (χ0) is 20.6. The molecule has 6 heteroatoms. The van der Waals surface area contributed by atoms with Crippen LogP contribution < -0.4 is 14.8 Å². The van der Waals surface area contributed by atoms with E-state index in [4.69, 9.17) is 14.2 Å². The lowest BCUT2D eigenvalue weighted by Crippen LogP contribution is -2.30. The Hall–Kier alpha value is -3.80. The molecule has 0 aliphatic heterocycles. The summed E-state index contributed by atoms with van der Waals surface area (Å²) in [5.41, 5.74) is 0.881. The Bertz CT molecular complexity index is 970. The maximum atomic E-state index is 12.3. The molecule has 0 saturated heterocycles. The van der Waals surface area contributed by atoms with Gasteiger partial charge >= 0.3 is 5.97 Å². The van der Waals surface area contributed by atoms with Gasteiger partial charge in [0.1, 0.15) is 17.2 Å². The molecule has 0 bridgehead atoms. The van der Waals surface area contributed by atoms with Crippen molar-refractivity contribution in [3.05, 3.63) is 84.4 Å². The SMILES string of the molecule is COc1cccc(C(=O)O[C@@H](C)C(=O)Nc2ccc(Oc3ccccc3)cc2)c1. The highest BCUT2D eigenvalue weighted by atomic mass is 16.5. The number of methoxy groups -OCH3 is 1. The van der Waals surface area contributed by atoms with Crippen LogP contribution in [0.15, 0.2) is 78.9 Å². The van der Waals surface area contributed by atoms with Gasteiger partial charge in [-0.2, -0.15) is 0 Å². The third kappa shape index (κ3) is 5.59. The Morgan fingerprint density at radius 3 is 2.17 bits per heavy atom. The van der Waals surface area contributed by atoms with Crippen LogP contribution in [0.3, 0.4) is 0 Å². The summed E-state index contributed by atoms with van der Waals surface area (Å²) in [6.45, 7) is 1.51. The van der Waals surface area contributed by atoms with Gasteiger partial charge < -0.3 is 19.5 Å². The molecule has 0 aromatic heterocycles. The molecule has 0 aliphatic carbocycles. The Labute approximate surface area is 169 Å². The second-order valence-electron chi connectivity index (χ2n) is 6.21. The van der Waals surface area contributed by atoms with Crippen molar-refractivity contribution in [2.75, 3.05) is 12.4 Å². The van der Waals surface area contributed by atoms with E-state index in [0.29, 0.717) is 22.7 Å². The summed E-state index contributed by atoms with van der Waals surface area (Å²) in [5, 5.41) is 2.72. The predicted molar refractivity (Wildman–Crippen MR) is 109 cm³/mol. The highest BCUT2D eigenvalue weighted by molar-refractivity contribution is 5.97. The van der Waals surface area contributed by atoms with Crippen LogP contribution in [-0.2, 0) is 9.53 Å². The number of anilines is 1. The zero-order valence-corrected chi connectivity index (χ0v) is 16.1. The number of ether oxygens (including phenoxy) is 3. The van der Waals surface area contributed by atoms with Gasteiger partial charge in [-0.3, -0.25) is 4.79 Å². The Morgan fingerprint density at radius 1 is 0.828 bits per heavy atom. The molecular formula is C23H21NO5. The van der Waals surface area contributed by atoms with Crippen molar-refractivity contribution in [2.24, 2.45) is 0 Å². The molecule has 6 nitrogen and oxygen atoms in total. The highest BCUT2D eigenvalue weighted by Gasteiger charge is 2.19. The van der Waals surface area contributed by atoms with Crippen molar-refractivity contribution in [1.29, 1.82) is 0 Å². The van der Waals surface area contributed by atoms with Gasteiger partial charge in [0.05, 0.1) is 12.7 Å². The van der Waals surface area contributed by atoms with Crippen molar-refractivity contribution in [3.8, 4) is 17.2 Å². The van der Waals surface area contributed by atoms with E-state index in [1.807, 2.05) is 30.3 Å². The molecule has 0 unspecified atom stereocenters. The molecule has 0 aliphatic rings. The number of esters is 1. The fraction of sp³-hybridized carbons (Fsp3) is 0.130. The summed E-state index contributed by atoms with van der Waals surface area (Å²) in [6, 6.07) is 22.9. The summed E-state index contributed by atoms with van der Waals surface area (Å²) in [7, 11) is 1.51. The van der Waals surface area contributed by atoms with Crippen LogP contribution in [0.5, 0.6) is 17.2 Å². The average molecular weight is 391 g/mol. The van der Waals surface area contributed by atoms with E-state index in [9.17, 15) is 9.59 Å². The topological polar surface area (TPSA) is 73.9 Å². The third-order valence-electron chi connectivity index (χ3n) is 4.06. The van der Waals surface area contributed by atoms with Crippen molar-refractivity contribution >= 4 is 17.6 Å². The second kappa shape index (κ2) is 9.41. The van der Waals surface area contributed by atoms with E-state index < -0.39 is 18.0 Å². The van der Waals surface area contributed by atoms with Crippen molar-refractivity contribution in [1.82, 2.24) is 0 Å². The van der Waals surface area contributed by atoms with Gasteiger partial charge in [0.15, 0.2) is 6.10 Å². The molecule has 3 aromatic rings. The molecular weight excluding hydrogens is 370 g/mol. The normalized spacial score (nSPS) is 11.2. The second-order valence-corrected chi connectivity index (χ2v) is 6.21. The molecule has 0 heterocycles. The number of amides is 1. The van der Waals surface area contributed by atoms with Gasteiger partial charge in [0.25, 0.3) is 5.91 Å². The molecule has 3 aromatic carbocycles. The Morgan fingerprint density at radius 2 is 1.48 bits per heavy atom. The van der Waals surface area contributed by atoms with E-state index in [1.165, 1.54) is 14.0 Å². The van der Waals surface area contributed by atoms with Crippen LogP contribution in [0.1, 0.15) is 17.3 Å². The van der Waals surface area contributed by atoms with Crippen LogP contribution in [0.4, 0.5) is 5.69 Å². The average Bonchev–Trinajstić information content (AvgIpc) is 2.75. The number of carbonyl (C=O) groups is 2. The van der Waals surface area contributed by atoms with Crippen LogP contribution in [0.2, 0.25) is 0 Å². The van der Waals surface area contributed by atoms with Crippen molar-refractivity contribution in [3.63, 3.8) is 0 Å². The van der Waals surface area contributed by atoms with Crippen LogP contribution >= 0.6 is 0 Å².